The molecule has 1 fully saturated rings. The fourth-order valence-electron chi connectivity index (χ4n) is 4.05. The molecule has 0 atom stereocenters. The van der Waals surface area contributed by atoms with Crippen molar-refractivity contribution < 1.29 is 9.13 Å². The minimum absolute atomic E-state index is 0.115. The van der Waals surface area contributed by atoms with Crippen LogP contribution in [0.4, 0.5) is 27.9 Å². The molecule has 0 bridgehead atoms. The van der Waals surface area contributed by atoms with Crippen molar-refractivity contribution in [2.75, 3.05) is 29.1 Å². The highest BCUT2D eigenvalue weighted by molar-refractivity contribution is 5.60. The standard InChI is InChI=1S/C23H30FN7O/c1-2-32-20-11-10-18(13-19(20)24)31(15-17-9-6-12-26-17)23-29-21(25)28-22(30-23)27-14-16-7-4-3-5-8-16/h6,9-13,16,26H,2-5,7-8,14-15H2,1H3,(H3,25,27,28,29,30). The van der Waals surface area contributed by atoms with Gasteiger partial charge in [0, 0.05) is 30.2 Å². The third-order valence-electron chi connectivity index (χ3n) is 5.67. The van der Waals surface area contributed by atoms with E-state index < -0.39 is 5.82 Å². The highest BCUT2D eigenvalue weighted by Gasteiger charge is 2.19. The Labute approximate surface area is 187 Å². The molecule has 0 saturated heterocycles. The highest BCUT2D eigenvalue weighted by atomic mass is 19.1. The van der Waals surface area contributed by atoms with Gasteiger partial charge in [0.15, 0.2) is 11.6 Å². The summed E-state index contributed by atoms with van der Waals surface area (Å²) in [6, 6.07) is 8.67. The van der Waals surface area contributed by atoms with Crippen molar-refractivity contribution in [2.24, 2.45) is 5.92 Å². The predicted molar refractivity (Wildman–Crippen MR) is 124 cm³/mol. The smallest absolute Gasteiger partial charge is 0.236 e. The Morgan fingerprint density at radius 1 is 1.19 bits per heavy atom. The van der Waals surface area contributed by atoms with Crippen LogP contribution in [-0.2, 0) is 6.54 Å². The Morgan fingerprint density at radius 2 is 2.03 bits per heavy atom. The van der Waals surface area contributed by atoms with E-state index in [0.29, 0.717) is 36.7 Å². The van der Waals surface area contributed by atoms with E-state index in [9.17, 15) is 4.39 Å². The summed E-state index contributed by atoms with van der Waals surface area (Å²) in [5.41, 5.74) is 7.53. The number of nitrogens with one attached hydrogen (secondary N) is 2. The van der Waals surface area contributed by atoms with Crippen molar-refractivity contribution in [2.45, 2.75) is 45.6 Å². The first-order valence-electron chi connectivity index (χ1n) is 11.2. The van der Waals surface area contributed by atoms with Crippen molar-refractivity contribution in [3.8, 4) is 5.75 Å². The zero-order chi connectivity index (χ0) is 22.3. The number of nitrogen functional groups attached to an aromatic ring is 1. The minimum Gasteiger partial charge on any atom is -0.491 e. The molecule has 0 unspecified atom stereocenters. The van der Waals surface area contributed by atoms with E-state index in [0.717, 1.165) is 12.2 Å². The lowest BCUT2D eigenvalue weighted by molar-refractivity contribution is 0.321. The number of anilines is 4. The molecule has 3 aromatic rings. The third-order valence-corrected chi connectivity index (χ3v) is 5.67. The van der Waals surface area contributed by atoms with Crippen LogP contribution in [0, 0.1) is 11.7 Å². The molecule has 4 N–H and O–H groups in total. The zero-order valence-corrected chi connectivity index (χ0v) is 18.4. The van der Waals surface area contributed by atoms with Gasteiger partial charge < -0.3 is 25.7 Å². The maximum atomic E-state index is 14.6. The van der Waals surface area contributed by atoms with Gasteiger partial charge in [-0.25, -0.2) is 4.39 Å². The molecule has 8 nitrogen and oxygen atoms in total. The molecule has 0 aliphatic heterocycles. The van der Waals surface area contributed by atoms with Gasteiger partial charge in [-0.1, -0.05) is 19.3 Å². The molecule has 0 amide bonds. The van der Waals surface area contributed by atoms with Crippen LogP contribution in [0.3, 0.4) is 0 Å². The van der Waals surface area contributed by atoms with Crippen LogP contribution < -0.4 is 20.7 Å². The van der Waals surface area contributed by atoms with Gasteiger partial charge in [-0.05, 0) is 49.9 Å². The lowest BCUT2D eigenvalue weighted by Crippen LogP contribution is -2.23. The van der Waals surface area contributed by atoms with Crippen LogP contribution in [-0.4, -0.2) is 33.1 Å². The van der Waals surface area contributed by atoms with E-state index in [1.54, 1.807) is 17.0 Å². The predicted octanol–water partition coefficient (Wildman–Crippen LogP) is 4.65. The lowest BCUT2D eigenvalue weighted by Gasteiger charge is -2.24. The number of aromatic nitrogens is 4. The van der Waals surface area contributed by atoms with E-state index in [-0.39, 0.29) is 11.7 Å². The van der Waals surface area contributed by atoms with Crippen LogP contribution in [0.25, 0.3) is 0 Å². The zero-order valence-electron chi connectivity index (χ0n) is 18.4. The molecule has 2 heterocycles. The third kappa shape index (κ3) is 5.46. The number of benzene rings is 1. The number of aromatic amines is 1. The van der Waals surface area contributed by atoms with Gasteiger partial charge >= 0.3 is 0 Å². The van der Waals surface area contributed by atoms with Crippen molar-refractivity contribution in [1.82, 2.24) is 19.9 Å². The Morgan fingerprint density at radius 3 is 2.75 bits per heavy atom. The summed E-state index contributed by atoms with van der Waals surface area (Å²) in [6.45, 7) is 3.42. The number of rotatable bonds is 9. The highest BCUT2D eigenvalue weighted by Crippen LogP contribution is 2.30. The van der Waals surface area contributed by atoms with Crippen molar-refractivity contribution >= 4 is 23.5 Å². The molecular weight excluding hydrogens is 409 g/mol. The molecular formula is C23H30FN7O. The molecule has 4 rings (SSSR count). The van der Waals surface area contributed by atoms with Gasteiger partial charge in [0.2, 0.25) is 17.8 Å². The molecule has 1 aliphatic rings. The molecule has 170 valence electrons. The van der Waals surface area contributed by atoms with E-state index in [1.165, 1.54) is 38.2 Å². The Balaban J connectivity index is 1.61. The fourth-order valence-corrected chi connectivity index (χ4v) is 4.05. The van der Waals surface area contributed by atoms with Gasteiger partial charge in [-0.3, -0.25) is 0 Å². The minimum atomic E-state index is -0.446. The molecule has 1 aliphatic carbocycles. The summed E-state index contributed by atoms with van der Waals surface area (Å²) in [7, 11) is 0. The second kappa shape index (κ2) is 10.3. The largest absolute Gasteiger partial charge is 0.491 e. The number of halogens is 1. The second-order valence-corrected chi connectivity index (χ2v) is 8.03. The van der Waals surface area contributed by atoms with Crippen LogP contribution in [0.1, 0.15) is 44.7 Å². The Bertz CT molecular complexity index is 1010. The molecule has 32 heavy (non-hydrogen) atoms. The van der Waals surface area contributed by atoms with Crippen LogP contribution in [0.15, 0.2) is 36.5 Å². The average Bonchev–Trinajstić information content (AvgIpc) is 3.31. The first-order chi connectivity index (χ1) is 15.6. The second-order valence-electron chi connectivity index (χ2n) is 8.03. The number of nitrogens with two attached hydrogens (primary N) is 1. The lowest BCUT2D eigenvalue weighted by atomic mass is 9.89. The fraction of sp³-hybridized carbons (Fsp3) is 0.435. The SMILES string of the molecule is CCOc1ccc(N(Cc2ccc[nH]2)c2nc(N)nc(NCC3CCCCC3)n2)cc1F. The Hall–Kier alpha value is -3.36. The first-order valence-corrected chi connectivity index (χ1v) is 11.2. The number of nitrogens with zero attached hydrogens (tertiary/aromatic N) is 4. The van der Waals surface area contributed by atoms with E-state index >= 15 is 0 Å². The van der Waals surface area contributed by atoms with E-state index in [4.69, 9.17) is 10.5 Å². The van der Waals surface area contributed by atoms with Crippen molar-refractivity contribution in [3.05, 3.63) is 48.0 Å². The summed E-state index contributed by atoms with van der Waals surface area (Å²) in [5, 5.41) is 3.33. The molecule has 0 spiro atoms. The van der Waals surface area contributed by atoms with Gasteiger partial charge in [-0.15, -0.1) is 0 Å². The summed E-state index contributed by atoms with van der Waals surface area (Å²) >= 11 is 0. The quantitative estimate of drug-likeness (QED) is 0.446. The number of hydrogen-bond acceptors (Lipinski definition) is 7. The monoisotopic (exact) mass is 439 g/mol. The molecule has 0 radical (unpaired) electrons. The first kappa shape index (κ1) is 21.9. The molecule has 1 aromatic carbocycles. The number of ether oxygens (including phenoxy) is 1. The normalized spacial score (nSPS) is 14.3. The number of H-pyrrole nitrogens is 1. The maximum absolute atomic E-state index is 14.6. The van der Waals surface area contributed by atoms with E-state index in [1.807, 2.05) is 25.3 Å². The van der Waals surface area contributed by atoms with Crippen LogP contribution in [0.2, 0.25) is 0 Å². The van der Waals surface area contributed by atoms with Gasteiger partial charge in [0.05, 0.1) is 13.2 Å². The molecule has 9 heteroatoms. The molecule has 1 saturated carbocycles. The average molecular weight is 440 g/mol. The summed E-state index contributed by atoms with van der Waals surface area (Å²) in [4.78, 5) is 18.2. The van der Waals surface area contributed by atoms with Crippen molar-refractivity contribution in [1.29, 1.82) is 0 Å². The topological polar surface area (TPSA) is 105 Å². The maximum Gasteiger partial charge on any atom is 0.236 e. The summed E-state index contributed by atoms with van der Waals surface area (Å²) < 4.78 is 20.0. The van der Waals surface area contributed by atoms with Crippen LogP contribution >= 0.6 is 0 Å². The van der Waals surface area contributed by atoms with Crippen LogP contribution in [0.5, 0.6) is 5.75 Å². The van der Waals surface area contributed by atoms with Gasteiger partial charge in [0.1, 0.15) is 0 Å². The summed E-state index contributed by atoms with van der Waals surface area (Å²) in [6.07, 6.45) is 8.11. The van der Waals surface area contributed by atoms with Gasteiger partial charge in [0.25, 0.3) is 0 Å². The van der Waals surface area contributed by atoms with Crippen molar-refractivity contribution in [3.63, 3.8) is 0 Å². The Kier molecular flexibility index (Phi) is 7.03. The van der Waals surface area contributed by atoms with E-state index in [2.05, 4.69) is 25.3 Å². The van der Waals surface area contributed by atoms with Gasteiger partial charge in [-0.2, -0.15) is 15.0 Å². The summed E-state index contributed by atoms with van der Waals surface area (Å²) in [5.74, 6) is 1.27. The number of hydrogen-bond donors (Lipinski definition) is 3. The molecule has 2 aromatic heterocycles.